The van der Waals surface area contributed by atoms with Crippen molar-refractivity contribution in [3.05, 3.63) is 88.0 Å². The molecule has 0 unspecified atom stereocenters. The molecule has 3 aromatic carbocycles. The zero-order valence-corrected chi connectivity index (χ0v) is 16.1. The molecule has 0 atom stereocenters. The van der Waals surface area contributed by atoms with Gasteiger partial charge in [0, 0.05) is 11.1 Å². The van der Waals surface area contributed by atoms with Gasteiger partial charge in [-0.05, 0) is 73.5 Å². The fourth-order valence-corrected chi connectivity index (χ4v) is 2.85. The first kappa shape index (κ1) is 19.9. The van der Waals surface area contributed by atoms with Gasteiger partial charge < -0.3 is 9.47 Å². The highest BCUT2D eigenvalue weighted by atomic mass is 19.1. The molecule has 0 aliphatic heterocycles. The van der Waals surface area contributed by atoms with Crippen LogP contribution in [0.5, 0.6) is 17.2 Å². The van der Waals surface area contributed by atoms with Crippen LogP contribution in [0.15, 0.2) is 48.5 Å². The van der Waals surface area contributed by atoms with E-state index in [0.717, 1.165) is 34.6 Å². The molecule has 0 saturated carbocycles. The van der Waals surface area contributed by atoms with Crippen LogP contribution >= 0.6 is 0 Å². The minimum absolute atomic E-state index is 0.163. The summed E-state index contributed by atoms with van der Waals surface area (Å²) in [4.78, 5) is 0. The largest absolute Gasteiger partial charge is 0.497 e. The maximum absolute atomic E-state index is 13.7. The number of halogens is 2. The molecule has 0 amide bonds. The van der Waals surface area contributed by atoms with Crippen molar-refractivity contribution in [3.63, 3.8) is 0 Å². The molecule has 0 aliphatic rings. The number of benzene rings is 3. The Morgan fingerprint density at radius 2 is 1.31 bits per heavy atom. The Bertz CT molecular complexity index is 1120. The maximum Gasteiger partial charge on any atom is 0.145 e. The lowest BCUT2D eigenvalue weighted by Crippen LogP contribution is -1.93. The monoisotopic (exact) mass is 389 g/mol. The first-order valence-electron chi connectivity index (χ1n) is 8.75. The number of methoxy groups -OCH3 is 1. The van der Waals surface area contributed by atoms with Gasteiger partial charge in [-0.2, -0.15) is 5.26 Å². The van der Waals surface area contributed by atoms with Gasteiger partial charge >= 0.3 is 0 Å². The summed E-state index contributed by atoms with van der Waals surface area (Å²) in [6, 6.07) is 14.5. The lowest BCUT2D eigenvalue weighted by atomic mass is 10.0. The average molecular weight is 389 g/mol. The molecule has 3 aromatic rings. The Balaban J connectivity index is 1.87. The molecule has 5 heteroatoms. The fourth-order valence-electron chi connectivity index (χ4n) is 2.85. The second-order valence-electron chi connectivity index (χ2n) is 6.39. The van der Waals surface area contributed by atoms with E-state index >= 15 is 0 Å². The molecular formula is C24H17F2NO2. The van der Waals surface area contributed by atoms with Gasteiger partial charge in [-0.25, -0.2) is 8.78 Å². The topological polar surface area (TPSA) is 42.2 Å². The van der Waals surface area contributed by atoms with Crippen LogP contribution in [-0.4, -0.2) is 7.11 Å². The van der Waals surface area contributed by atoms with E-state index in [4.69, 9.17) is 14.7 Å². The molecule has 0 aliphatic carbocycles. The van der Waals surface area contributed by atoms with Crippen molar-refractivity contribution in [1.29, 1.82) is 5.26 Å². The van der Waals surface area contributed by atoms with Crippen molar-refractivity contribution < 1.29 is 18.3 Å². The predicted molar refractivity (Wildman–Crippen MR) is 106 cm³/mol. The maximum atomic E-state index is 13.7. The van der Waals surface area contributed by atoms with Crippen LogP contribution in [0.3, 0.4) is 0 Å². The van der Waals surface area contributed by atoms with E-state index in [1.807, 2.05) is 50.2 Å². The Morgan fingerprint density at radius 3 is 1.83 bits per heavy atom. The van der Waals surface area contributed by atoms with Gasteiger partial charge in [-0.3, -0.25) is 0 Å². The van der Waals surface area contributed by atoms with Crippen LogP contribution in [0.25, 0.3) is 0 Å². The number of hydrogen-bond acceptors (Lipinski definition) is 3. The average Bonchev–Trinajstić information content (AvgIpc) is 2.68. The minimum Gasteiger partial charge on any atom is -0.497 e. The van der Waals surface area contributed by atoms with Crippen LogP contribution in [0.1, 0.15) is 27.8 Å². The molecule has 144 valence electrons. The van der Waals surface area contributed by atoms with E-state index in [-0.39, 0.29) is 5.56 Å². The number of nitriles is 1. The van der Waals surface area contributed by atoms with Crippen molar-refractivity contribution >= 4 is 0 Å². The van der Waals surface area contributed by atoms with Gasteiger partial charge in [-0.1, -0.05) is 11.8 Å². The number of aryl methyl sites for hydroxylation is 2. The third-order valence-corrected chi connectivity index (χ3v) is 4.29. The molecule has 0 spiro atoms. The number of rotatable bonds is 3. The Morgan fingerprint density at radius 1 is 0.759 bits per heavy atom. The third-order valence-electron chi connectivity index (χ3n) is 4.29. The highest BCUT2D eigenvalue weighted by Gasteiger charge is 2.10. The second-order valence-corrected chi connectivity index (χ2v) is 6.39. The Labute approximate surface area is 168 Å². The Kier molecular flexibility index (Phi) is 5.81. The van der Waals surface area contributed by atoms with Crippen molar-refractivity contribution in [1.82, 2.24) is 0 Å². The number of ether oxygens (including phenoxy) is 2. The van der Waals surface area contributed by atoms with Gasteiger partial charge in [0.15, 0.2) is 0 Å². The summed E-state index contributed by atoms with van der Waals surface area (Å²) >= 11 is 0. The number of nitrogens with zero attached hydrogens (tertiary/aromatic N) is 1. The minimum atomic E-state index is -0.923. The van der Waals surface area contributed by atoms with Crippen LogP contribution in [-0.2, 0) is 0 Å². The van der Waals surface area contributed by atoms with E-state index in [2.05, 4.69) is 11.8 Å². The first-order chi connectivity index (χ1) is 13.9. The molecule has 0 bridgehead atoms. The summed E-state index contributed by atoms with van der Waals surface area (Å²) in [7, 11) is 1.60. The zero-order chi connectivity index (χ0) is 21.0. The summed E-state index contributed by atoms with van der Waals surface area (Å²) in [6.45, 7) is 3.77. The van der Waals surface area contributed by atoms with Crippen molar-refractivity contribution in [3.8, 4) is 35.2 Å². The van der Waals surface area contributed by atoms with Crippen molar-refractivity contribution in [2.75, 3.05) is 7.11 Å². The number of hydrogen-bond donors (Lipinski definition) is 0. The molecule has 0 N–H and O–H groups in total. The molecule has 0 saturated heterocycles. The Hall–Kier alpha value is -3.83. The smallest absolute Gasteiger partial charge is 0.145 e. The molecule has 0 heterocycles. The highest BCUT2D eigenvalue weighted by molar-refractivity contribution is 5.54. The molecule has 0 fully saturated rings. The van der Waals surface area contributed by atoms with Crippen molar-refractivity contribution in [2.45, 2.75) is 13.8 Å². The summed E-state index contributed by atoms with van der Waals surface area (Å²) < 4.78 is 38.5. The first-order valence-corrected chi connectivity index (χ1v) is 8.75. The molecule has 0 radical (unpaired) electrons. The van der Waals surface area contributed by atoms with Gasteiger partial charge in [-0.15, -0.1) is 0 Å². The summed E-state index contributed by atoms with van der Waals surface area (Å²) in [5, 5.41) is 8.74. The summed E-state index contributed by atoms with van der Waals surface area (Å²) in [5.74, 6) is 5.95. The van der Waals surface area contributed by atoms with Crippen LogP contribution < -0.4 is 9.47 Å². The summed E-state index contributed by atoms with van der Waals surface area (Å²) in [5.41, 5.74) is 2.04. The van der Waals surface area contributed by atoms with Gasteiger partial charge in [0.25, 0.3) is 0 Å². The SMILES string of the molecule is COc1ccc(Oc2cc(C)c(C#Cc3cc(F)c(C#N)c(F)c3)c(C)c2)cc1. The van der Waals surface area contributed by atoms with Crippen LogP contribution in [0.2, 0.25) is 0 Å². The lowest BCUT2D eigenvalue weighted by molar-refractivity contribution is 0.413. The van der Waals surface area contributed by atoms with E-state index in [9.17, 15) is 8.78 Å². The van der Waals surface area contributed by atoms with E-state index in [1.54, 1.807) is 7.11 Å². The van der Waals surface area contributed by atoms with Gasteiger partial charge in [0.1, 0.15) is 40.5 Å². The van der Waals surface area contributed by atoms with Crippen LogP contribution in [0.4, 0.5) is 8.78 Å². The van der Waals surface area contributed by atoms with E-state index < -0.39 is 17.2 Å². The molecule has 3 rings (SSSR count). The van der Waals surface area contributed by atoms with Crippen molar-refractivity contribution in [2.24, 2.45) is 0 Å². The van der Waals surface area contributed by atoms with Crippen LogP contribution in [0, 0.1) is 48.7 Å². The molecule has 29 heavy (non-hydrogen) atoms. The molecule has 3 nitrogen and oxygen atoms in total. The standard InChI is InChI=1S/C24H17F2NO2/c1-15-10-20(29-19-7-5-18(28-3)6-8-19)11-16(2)21(15)9-4-17-12-23(25)22(14-27)24(26)13-17/h5-8,10-13H,1-3H3. The van der Waals surface area contributed by atoms with E-state index in [1.165, 1.54) is 6.07 Å². The highest BCUT2D eigenvalue weighted by Crippen LogP contribution is 2.27. The van der Waals surface area contributed by atoms with Gasteiger partial charge in [0.2, 0.25) is 0 Å². The summed E-state index contributed by atoms with van der Waals surface area (Å²) in [6.07, 6.45) is 0. The normalized spacial score (nSPS) is 9.93. The molecular weight excluding hydrogens is 372 g/mol. The second kappa shape index (κ2) is 8.46. The lowest BCUT2D eigenvalue weighted by Gasteiger charge is -2.10. The molecule has 0 aromatic heterocycles. The zero-order valence-electron chi connectivity index (χ0n) is 16.1. The quantitative estimate of drug-likeness (QED) is 0.543. The fraction of sp³-hybridized carbons (Fsp3) is 0.125. The van der Waals surface area contributed by atoms with E-state index in [0.29, 0.717) is 11.5 Å². The predicted octanol–water partition coefficient (Wildman–Crippen LogP) is 5.65. The van der Waals surface area contributed by atoms with Gasteiger partial charge in [0.05, 0.1) is 7.11 Å². The third kappa shape index (κ3) is 4.54.